The van der Waals surface area contributed by atoms with Gasteiger partial charge in [0.2, 0.25) is 6.79 Å². The van der Waals surface area contributed by atoms with E-state index in [2.05, 4.69) is 19.9 Å². The predicted octanol–water partition coefficient (Wildman–Crippen LogP) is 2.37. The fraction of sp³-hybridized carbons (Fsp3) is 0.538. The Morgan fingerprint density at radius 3 is 2.56 bits per heavy atom. The Balaban J connectivity index is 2.16. The zero-order valence-electron chi connectivity index (χ0n) is 9.80. The molecule has 0 aromatic heterocycles. The molecular formula is C13H17NO2. The first-order valence-electron chi connectivity index (χ1n) is 5.81. The third-order valence-corrected chi connectivity index (χ3v) is 4.01. The molecule has 0 saturated heterocycles. The number of ether oxygens (including phenoxy) is 2. The van der Waals surface area contributed by atoms with Gasteiger partial charge in [0.15, 0.2) is 11.5 Å². The van der Waals surface area contributed by atoms with Crippen LogP contribution in [0, 0.1) is 13.8 Å². The van der Waals surface area contributed by atoms with Crippen molar-refractivity contribution in [2.24, 2.45) is 5.73 Å². The van der Waals surface area contributed by atoms with E-state index >= 15 is 0 Å². The number of benzene rings is 1. The van der Waals surface area contributed by atoms with Crippen LogP contribution < -0.4 is 15.2 Å². The van der Waals surface area contributed by atoms with Gasteiger partial charge in [-0.25, -0.2) is 0 Å². The lowest BCUT2D eigenvalue weighted by molar-refractivity contribution is 0.173. The summed E-state index contributed by atoms with van der Waals surface area (Å²) in [6.07, 6.45) is 3.38. The van der Waals surface area contributed by atoms with Crippen molar-refractivity contribution in [2.75, 3.05) is 6.79 Å². The van der Waals surface area contributed by atoms with E-state index in [1.165, 1.54) is 23.1 Å². The largest absolute Gasteiger partial charge is 0.454 e. The summed E-state index contributed by atoms with van der Waals surface area (Å²) in [4.78, 5) is 0. The molecule has 1 aromatic carbocycles. The Hall–Kier alpha value is -1.22. The van der Waals surface area contributed by atoms with Crippen LogP contribution in [0.1, 0.15) is 36.0 Å². The molecular weight excluding hydrogens is 202 g/mol. The Labute approximate surface area is 95.5 Å². The van der Waals surface area contributed by atoms with E-state index in [9.17, 15) is 0 Å². The minimum absolute atomic E-state index is 0.129. The van der Waals surface area contributed by atoms with Gasteiger partial charge in [-0.1, -0.05) is 0 Å². The highest BCUT2D eigenvalue weighted by molar-refractivity contribution is 5.56. The van der Waals surface area contributed by atoms with Gasteiger partial charge >= 0.3 is 0 Å². The first kappa shape index (κ1) is 9.97. The van der Waals surface area contributed by atoms with Crippen molar-refractivity contribution in [1.29, 1.82) is 0 Å². The summed E-state index contributed by atoms with van der Waals surface area (Å²) >= 11 is 0. The standard InChI is InChI=1S/C13H17NO2/c1-8-9(2)12-11(15-7-16-12)6-10(8)13(14)4-3-5-13/h6H,3-5,7,14H2,1-2H3. The SMILES string of the molecule is Cc1c(C2(N)CCC2)cc2c(c1C)OCO2. The summed E-state index contributed by atoms with van der Waals surface area (Å²) in [5, 5.41) is 0. The molecule has 86 valence electrons. The van der Waals surface area contributed by atoms with E-state index in [0.29, 0.717) is 6.79 Å². The van der Waals surface area contributed by atoms with Crippen molar-refractivity contribution >= 4 is 0 Å². The minimum atomic E-state index is -0.129. The highest BCUT2D eigenvalue weighted by Gasteiger charge is 2.37. The summed E-state index contributed by atoms with van der Waals surface area (Å²) in [7, 11) is 0. The van der Waals surface area contributed by atoms with Gasteiger partial charge in [-0.2, -0.15) is 0 Å². The Morgan fingerprint density at radius 1 is 1.19 bits per heavy atom. The van der Waals surface area contributed by atoms with Gasteiger partial charge < -0.3 is 15.2 Å². The maximum absolute atomic E-state index is 6.39. The van der Waals surface area contributed by atoms with Crippen LogP contribution in [0.15, 0.2) is 6.07 Å². The van der Waals surface area contributed by atoms with Crippen molar-refractivity contribution in [3.63, 3.8) is 0 Å². The van der Waals surface area contributed by atoms with Gasteiger partial charge in [0, 0.05) is 5.54 Å². The third-order valence-electron chi connectivity index (χ3n) is 4.01. The first-order chi connectivity index (χ1) is 7.62. The molecule has 1 saturated carbocycles. The Kier molecular flexibility index (Phi) is 1.96. The molecule has 1 fully saturated rings. The first-order valence-corrected chi connectivity index (χ1v) is 5.81. The van der Waals surface area contributed by atoms with Crippen molar-refractivity contribution < 1.29 is 9.47 Å². The van der Waals surface area contributed by atoms with Crippen LogP contribution in [0.2, 0.25) is 0 Å². The molecule has 2 N–H and O–H groups in total. The molecule has 16 heavy (non-hydrogen) atoms. The fourth-order valence-corrected chi connectivity index (χ4v) is 2.64. The van der Waals surface area contributed by atoms with Gasteiger partial charge in [0.1, 0.15) is 0 Å². The normalized spacial score (nSPS) is 20.7. The third kappa shape index (κ3) is 1.18. The topological polar surface area (TPSA) is 44.5 Å². The summed E-state index contributed by atoms with van der Waals surface area (Å²) < 4.78 is 10.9. The van der Waals surface area contributed by atoms with Crippen LogP contribution in [0.3, 0.4) is 0 Å². The maximum Gasteiger partial charge on any atom is 0.231 e. The molecule has 3 rings (SSSR count). The molecule has 1 aliphatic carbocycles. The Bertz CT molecular complexity index is 450. The van der Waals surface area contributed by atoms with Gasteiger partial charge in [0.25, 0.3) is 0 Å². The van der Waals surface area contributed by atoms with Crippen LogP contribution in [0.5, 0.6) is 11.5 Å². The zero-order valence-corrected chi connectivity index (χ0v) is 9.80. The summed E-state index contributed by atoms with van der Waals surface area (Å²) in [6, 6.07) is 2.07. The number of hydrogen-bond acceptors (Lipinski definition) is 3. The number of fused-ring (bicyclic) bond motifs is 1. The molecule has 0 unspecified atom stereocenters. The second-order valence-corrected chi connectivity index (χ2v) is 4.92. The van der Waals surface area contributed by atoms with Gasteiger partial charge in [0.05, 0.1) is 0 Å². The molecule has 0 atom stereocenters. The lowest BCUT2D eigenvalue weighted by Gasteiger charge is -2.40. The number of rotatable bonds is 1. The molecule has 0 bridgehead atoms. The summed E-state index contributed by atoms with van der Waals surface area (Å²) in [6.45, 7) is 4.53. The quantitative estimate of drug-likeness (QED) is 0.788. The van der Waals surface area contributed by atoms with E-state index in [1.807, 2.05) is 0 Å². The molecule has 1 heterocycles. The molecule has 0 radical (unpaired) electrons. The van der Waals surface area contributed by atoms with E-state index < -0.39 is 0 Å². The number of hydrogen-bond donors (Lipinski definition) is 1. The van der Waals surface area contributed by atoms with Crippen molar-refractivity contribution in [2.45, 2.75) is 38.6 Å². The van der Waals surface area contributed by atoms with E-state index in [-0.39, 0.29) is 5.54 Å². The van der Waals surface area contributed by atoms with E-state index in [0.717, 1.165) is 24.3 Å². The molecule has 0 amide bonds. The average molecular weight is 219 g/mol. The predicted molar refractivity (Wildman–Crippen MR) is 61.8 cm³/mol. The minimum Gasteiger partial charge on any atom is -0.454 e. The van der Waals surface area contributed by atoms with Crippen molar-refractivity contribution in [1.82, 2.24) is 0 Å². The maximum atomic E-state index is 6.39. The van der Waals surface area contributed by atoms with Crippen LogP contribution >= 0.6 is 0 Å². The highest BCUT2D eigenvalue weighted by atomic mass is 16.7. The molecule has 1 aromatic rings. The highest BCUT2D eigenvalue weighted by Crippen LogP contribution is 2.46. The smallest absolute Gasteiger partial charge is 0.231 e. The van der Waals surface area contributed by atoms with E-state index in [1.54, 1.807) is 0 Å². The monoisotopic (exact) mass is 219 g/mol. The summed E-state index contributed by atoms with van der Waals surface area (Å²) in [5.41, 5.74) is 9.92. The molecule has 0 spiro atoms. The van der Waals surface area contributed by atoms with Gasteiger partial charge in [-0.05, 0) is 55.9 Å². The zero-order chi connectivity index (χ0) is 11.3. The van der Waals surface area contributed by atoms with Crippen LogP contribution in [-0.4, -0.2) is 6.79 Å². The van der Waals surface area contributed by atoms with Crippen molar-refractivity contribution in [3.05, 3.63) is 22.8 Å². The molecule has 2 aliphatic rings. The van der Waals surface area contributed by atoms with E-state index in [4.69, 9.17) is 15.2 Å². The van der Waals surface area contributed by atoms with Crippen LogP contribution in [0.4, 0.5) is 0 Å². The second-order valence-electron chi connectivity index (χ2n) is 4.92. The summed E-state index contributed by atoms with van der Waals surface area (Å²) in [5.74, 6) is 1.75. The second kappa shape index (κ2) is 3.14. The molecule has 3 heteroatoms. The molecule has 1 aliphatic heterocycles. The number of nitrogens with two attached hydrogens (primary N) is 1. The van der Waals surface area contributed by atoms with Gasteiger partial charge in [-0.3, -0.25) is 0 Å². The Morgan fingerprint density at radius 2 is 1.94 bits per heavy atom. The average Bonchev–Trinajstić information content (AvgIpc) is 2.68. The lowest BCUT2D eigenvalue weighted by Crippen LogP contribution is -2.43. The fourth-order valence-electron chi connectivity index (χ4n) is 2.64. The lowest BCUT2D eigenvalue weighted by atomic mass is 9.71. The molecule has 3 nitrogen and oxygen atoms in total. The van der Waals surface area contributed by atoms with Crippen molar-refractivity contribution in [3.8, 4) is 11.5 Å². The van der Waals surface area contributed by atoms with Gasteiger partial charge in [-0.15, -0.1) is 0 Å². The van der Waals surface area contributed by atoms with Crippen LogP contribution in [-0.2, 0) is 5.54 Å². The van der Waals surface area contributed by atoms with Crippen LogP contribution in [0.25, 0.3) is 0 Å².